The molecule has 1 atom stereocenters. The molecule has 3 aromatic rings. The van der Waals surface area contributed by atoms with E-state index in [0.29, 0.717) is 18.9 Å². The summed E-state index contributed by atoms with van der Waals surface area (Å²) in [4.78, 5) is 11.5. The molecule has 1 aliphatic heterocycles. The molecular weight excluding hydrogens is 364 g/mol. The fourth-order valence-corrected chi connectivity index (χ4v) is 3.47. The Kier molecular flexibility index (Phi) is 6.26. The molecule has 4 rings (SSSR count). The standard InChI is InChI=1S/C19H24N6O.ClH/c1-14-5-3-4-6-15(14)11-18-22-17(23-26-18)13-25-10-7-20-12-16(25)19-21-8-9-24(19)2;/h3-6,8-9,16,20H,7,10-13H2,1-2H3;1H. The van der Waals surface area contributed by atoms with Gasteiger partial charge in [-0.2, -0.15) is 4.98 Å². The Morgan fingerprint density at radius 2 is 2.15 bits per heavy atom. The van der Waals surface area contributed by atoms with E-state index >= 15 is 0 Å². The zero-order chi connectivity index (χ0) is 17.9. The molecule has 1 aliphatic rings. The predicted molar refractivity (Wildman–Crippen MR) is 105 cm³/mol. The second-order valence-corrected chi connectivity index (χ2v) is 6.79. The van der Waals surface area contributed by atoms with E-state index < -0.39 is 0 Å². The Morgan fingerprint density at radius 1 is 1.30 bits per heavy atom. The zero-order valence-corrected chi connectivity index (χ0v) is 16.4. The molecule has 0 amide bonds. The highest BCUT2D eigenvalue weighted by molar-refractivity contribution is 5.85. The van der Waals surface area contributed by atoms with Gasteiger partial charge in [-0.25, -0.2) is 4.98 Å². The number of rotatable bonds is 5. The van der Waals surface area contributed by atoms with Crippen molar-refractivity contribution in [3.8, 4) is 0 Å². The number of aromatic nitrogens is 4. The van der Waals surface area contributed by atoms with Crippen LogP contribution in [0.1, 0.15) is 34.7 Å². The van der Waals surface area contributed by atoms with Crippen LogP contribution in [0.3, 0.4) is 0 Å². The molecule has 1 N–H and O–H groups in total. The van der Waals surface area contributed by atoms with Crippen molar-refractivity contribution in [1.29, 1.82) is 0 Å². The average Bonchev–Trinajstić information content (AvgIpc) is 3.26. The first-order valence-electron chi connectivity index (χ1n) is 8.98. The number of hydrogen-bond donors (Lipinski definition) is 1. The quantitative estimate of drug-likeness (QED) is 0.723. The third-order valence-electron chi connectivity index (χ3n) is 4.97. The summed E-state index contributed by atoms with van der Waals surface area (Å²) < 4.78 is 7.56. The highest BCUT2D eigenvalue weighted by Crippen LogP contribution is 2.22. The van der Waals surface area contributed by atoms with Crippen LogP contribution in [0.5, 0.6) is 0 Å². The van der Waals surface area contributed by atoms with Crippen molar-refractivity contribution < 1.29 is 4.52 Å². The van der Waals surface area contributed by atoms with Crippen molar-refractivity contribution >= 4 is 12.4 Å². The molecule has 8 heteroatoms. The first-order chi connectivity index (χ1) is 12.7. The van der Waals surface area contributed by atoms with Crippen molar-refractivity contribution in [1.82, 2.24) is 29.9 Å². The van der Waals surface area contributed by atoms with E-state index in [1.807, 2.05) is 31.6 Å². The van der Waals surface area contributed by atoms with Crippen LogP contribution in [-0.2, 0) is 20.0 Å². The zero-order valence-electron chi connectivity index (χ0n) is 15.6. The van der Waals surface area contributed by atoms with Crippen LogP contribution in [0.2, 0.25) is 0 Å². The monoisotopic (exact) mass is 388 g/mol. The molecule has 0 radical (unpaired) electrons. The van der Waals surface area contributed by atoms with E-state index in [-0.39, 0.29) is 18.4 Å². The number of piperazine rings is 1. The summed E-state index contributed by atoms with van der Waals surface area (Å²) in [6.45, 7) is 5.52. The molecule has 0 saturated carbocycles. The van der Waals surface area contributed by atoms with Crippen LogP contribution < -0.4 is 5.32 Å². The second kappa shape index (κ2) is 8.65. The molecule has 7 nitrogen and oxygen atoms in total. The van der Waals surface area contributed by atoms with Gasteiger partial charge < -0.3 is 14.4 Å². The third kappa shape index (κ3) is 4.37. The normalized spacial score (nSPS) is 17.6. The number of aryl methyl sites for hydroxylation is 2. The van der Waals surface area contributed by atoms with E-state index in [4.69, 9.17) is 4.52 Å². The molecule has 27 heavy (non-hydrogen) atoms. The SMILES string of the molecule is Cc1ccccc1Cc1nc(CN2CCNCC2c2nccn2C)no1.Cl. The fourth-order valence-electron chi connectivity index (χ4n) is 3.47. The van der Waals surface area contributed by atoms with E-state index in [0.717, 1.165) is 31.3 Å². The Morgan fingerprint density at radius 3 is 2.93 bits per heavy atom. The summed E-state index contributed by atoms with van der Waals surface area (Å²) in [5.74, 6) is 2.45. The maximum Gasteiger partial charge on any atom is 0.231 e. The number of nitrogens with one attached hydrogen (secondary N) is 1. The van der Waals surface area contributed by atoms with Gasteiger partial charge in [-0.3, -0.25) is 4.90 Å². The molecule has 3 heterocycles. The van der Waals surface area contributed by atoms with Gasteiger partial charge in [0.25, 0.3) is 0 Å². The Hall–Kier alpha value is -2.22. The van der Waals surface area contributed by atoms with Crippen LogP contribution >= 0.6 is 12.4 Å². The Labute approximate surface area is 165 Å². The predicted octanol–water partition coefficient (Wildman–Crippen LogP) is 2.27. The van der Waals surface area contributed by atoms with Gasteiger partial charge in [0.1, 0.15) is 5.82 Å². The van der Waals surface area contributed by atoms with E-state index in [2.05, 4.69) is 49.0 Å². The summed E-state index contributed by atoms with van der Waals surface area (Å²) in [7, 11) is 2.03. The lowest BCUT2D eigenvalue weighted by Crippen LogP contribution is -2.46. The largest absolute Gasteiger partial charge is 0.339 e. The lowest BCUT2D eigenvalue weighted by atomic mass is 10.1. The molecule has 1 aromatic carbocycles. The smallest absolute Gasteiger partial charge is 0.231 e. The minimum Gasteiger partial charge on any atom is -0.339 e. The molecule has 0 aliphatic carbocycles. The van der Waals surface area contributed by atoms with E-state index in [1.54, 1.807) is 0 Å². The average molecular weight is 389 g/mol. The summed E-state index contributed by atoms with van der Waals surface area (Å²) in [5.41, 5.74) is 2.46. The number of imidazole rings is 1. The van der Waals surface area contributed by atoms with Gasteiger partial charge in [0.05, 0.1) is 19.0 Å². The van der Waals surface area contributed by atoms with Gasteiger partial charge in [-0.1, -0.05) is 29.4 Å². The van der Waals surface area contributed by atoms with Crippen molar-refractivity contribution in [2.24, 2.45) is 7.05 Å². The van der Waals surface area contributed by atoms with Crippen LogP contribution in [0.25, 0.3) is 0 Å². The van der Waals surface area contributed by atoms with Crippen LogP contribution in [0.4, 0.5) is 0 Å². The second-order valence-electron chi connectivity index (χ2n) is 6.79. The molecule has 144 valence electrons. The lowest BCUT2D eigenvalue weighted by Gasteiger charge is -2.34. The van der Waals surface area contributed by atoms with Crippen molar-refractivity contribution in [3.05, 3.63) is 65.3 Å². The first-order valence-corrected chi connectivity index (χ1v) is 8.98. The third-order valence-corrected chi connectivity index (χ3v) is 4.97. The number of hydrogen-bond acceptors (Lipinski definition) is 6. The Bertz CT molecular complexity index is 876. The van der Waals surface area contributed by atoms with Crippen molar-refractivity contribution in [3.63, 3.8) is 0 Å². The van der Waals surface area contributed by atoms with Crippen LogP contribution in [0.15, 0.2) is 41.2 Å². The molecule has 0 bridgehead atoms. The van der Waals surface area contributed by atoms with Gasteiger partial charge in [-0.15, -0.1) is 12.4 Å². The highest BCUT2D eigenvalue weighted by Gasteiger charge is 2.28. The minimum atomic E-state index is 0. The molecule has 2 aromatic heterocycles. The molecular formula is C19H25ClN6O. The maximum absolute atomic E-state index is 5.49. The number of nitrogens with zero attached hydrogens (tertiary/aromatic N) is 5. The van der Waals surface area contributed by atoms with Gasteiger partial charge in [0.2, 0.25) is 5.89 Å². The number of benzene rings is 1. The molecule has 0 spiro atoms. The Balaban J connectivity index is 0.00000210. The molecule has 1 unspecified atom stereocenters. The minimum absolute atomic E-state index is 0. The summed E-state index contributed by atoms with van der Waals surface area (Å²) >= 11 is 0. The summed E-state index contributed by atoms with van der Waals surface area (Å²) in [6, 6.07) is 8.50. The van der Waals surface area contributed by atoms with Gasteiger partial charge in [0, 0.05) is 39.1 Å². The van der Waals surface area contributed by atoms with Crippen molar-refractivity contribution in [2.75, 3.05) is 19.6 Å². The molecule has 1 saturated heterocycles. The maximum atomic E-state index is 5.49. The van der Waals surface area contributed by atoms with Gasteiger partial charge >= 0.3 is 0 Å². The van der Waals surface area contributed by atoms with Crippen molar-refractivity contribution in [2.45, 2.75) is 25.9 Å². The lowest BCUT2D eigenvalue weighted by molar-refractivity contribution is 0.139. The van der Waals surface area contributed by atoms with Gasteiger partial charge in [0.15, 0.2) is 5.82 Å². The summed E-state index contributed by atoms with van der Waals surface area (Å²) in [5, 5.41) is 7.65. The van der Waals surface area contributed by atoms with Gasteiger partial charge in [-0.05, 0) is 18.1 Å². The first kappa shape index (κ1) is 19.5. The van der Waals surface area contributed by atoms with Crippen LogP contribution in [-0.4, -0.2) is 44.2 Å². The van der Waals surface area contributed by atoms with E-state index in [1.165, 1.54) is 11.1 Å². The van der Waals surface area contributed by atoms with E-state index in [9.17, 15) is 0 Å². The number of halogens is 1. The summed E-state index contributed by atoms with van der Waals surface area (Å²) in [6.07, 6.45) is 4.50. The highest BCUT2D eigenvalue weighted by atomic mass is 35.5. The molecule has 1 fully saturated rings. The van der Waals surface area contributed by atoms with Crippen LogP contribution in [0, 0.1) is 6.92 Å². The topological polar surface area (TPSA) is 72.0 Å². The fraction of sp³-hybridized carbons (Fsp3) is 0.421.